The normalized spacial score (nSPS) is 10.4. The van der Waals surface area contributed by atoms with E-state index in [2.05, 4.69) is 16.0 Å². The highest BCUT2D eigenvalue weighted by molar-refractivity contribution is 6.35. The molecule has 2 aromatic heterocycles. The predicted octanol–water partition coefficient (Wildman–Crippen LogP) is 4.17. The fourth-order valence-electron chi connectivity index (χ4n) is 2.08. The van der Waals surface area contributed by atoms with Crippen LogP contribution >= 0.6 is 23.2 Å². The summed E-state index contributed by atoms with van der Waals surface area (Å²) >= 11 is 12.4. The van der Waals surface area contributed by atoms with E-state index in [-0.39, 0.29) is 0 Å². The van der Waals surface area contributed by atoms with Gasteiger partial charge in [0.05, 0.1) is 30.2 Å². The van der Waals surface area contributed by atoms with Gasteiger partial charge in [0.2, 0.25) is 0 Å². The van der Waals surface area contributed by atoms with E-state index in [4.69, 9.17) is 28.5 Å². The zero-order valence-corrected chi connectivity index (χ0v) is 12.9. The molecule has 6 heteroatoms. The van der Waals surface area contributed by atoms with Crippen LogP contribution in [0, 0.1) is 11.3 Å². The standard InChI is InChI=1S/C16H10Cl2N4/c17-13-2-1-3-14(18)12(13)8-22-9-16(21-10-22)15-6-11(7-19)4-5-20-15/h1-6,9-10H,8H2. The topological polar surface area (TPSA) is 54.5 Å². The van der Waals surface area contributed by atoms with Gasteiger partial charge >= 0.3 is 0 Å². The molecule has 3 aromatic rings. The molecular weight excluding hydrogens is 319 g/mol. The van der Waals surface area contributed by atoms with Crippen molar-refractivity contribution in [1.29, 1.82) is 5.26 Å². The molecule has 0 aliphatic carbocycles. The second kappa shape index (κ2) is 6.18. The van der Waals surface area contributed by atoms with Gasteiger partial charge in [0.15, 0.2) is 0 Å². The van der Waals surface area contributed by atoms with E-state index >= 15 is 0 Å². The first kappa shape index (κ1) is 14.6. The van der Waals surface area contributed by atoms with Crippen molar-refractivity contribution in [2.75, 3.05) is 0 Å². The third-order valence-corrected chi connectivity index (χ3v) is 3.90. The minimum Gasteiger partial charge on any atom is -0.332 e. The molecule has 0 radical (unpaired) electrons. The number of benzene rings is 1. The summed E-state index contributed by atoms with van der Waals surface area (Å²) in [6, 6.07) is 10.9. The number of hydrogen-bond donors (Lipinski definition) is 0. The highest BCUT2D eigenvalue weighted by atomic mass is 35.5. The zero-order valence-electron chi connectivity index (χ0n) is 11.4. The number of hydrogen-bond acceptors (Lipinski definition) is 3. The van der Waals surface area contributed by atoms with Gasteiger partial charge in [-0.3, -0.25) is 4.98 Å². The van der Waals surface area contributed by atoms with Crippen molar-refractivity contribution in [3.8, 4) is 17.5 Å². The number of nitriles is 1. The summed E-state index contributed by atoms with van der Waals surface area (Å²) in [6.07, 6.45) is 5.14. The van der Waals surface area contributed by atoms with Gasteiger partial charge in [-0.25, -0.2) is 4.98 Å². The maximum absolute atomic E-state index is 8.94. The summed E-state index contributed by atoms with van der Waals surface area (Å²) in [4.78, 5) is 8.56. The largest absolute Gasteiger partial charge is 0.332 e. The molecule has 0 unspecified atom stereocenters. The van der Waals surface area contributed by atoms with Crippen LogP contribution < -0.4 is 0 Å². The first-order valence-corrected chi connectivity index (χ1v) is 7.24. The van der Waals surface area contributed by atoms with Gasteiger partial charge in [-0.05, 0) is 24.3 Å². The number of halogens is 2. The Morgan fingerprint density at radius 1 is 1.09 bits per heavy atom. The van der Waals surface area contributed by atoms with E-state index in [1.165, 1.54) is 0 Å². The summed E-state index contributed by atoms with van der Waals surface area (Å²) in [5.74, 6) is 0. The first-order valence-electron chi connectivity index (χ1n) is 6.48. The molecular formula is C16H10Cl2N4. The average Bonchev–Trinajstić information content (AvgIpc) is 3.00. The second-order valence-electron chi connectivity index (χ2n) is 4.67. The fraction of sp³-hybridized carbons (Fsp3) is 0.0625. The number of rotatable bonds is 3. The summed E-state index contributed by atoms with van der Waals surface area (Å²) in [5.41, 5.74) is 2.74. The molecule has 0 amide bonds. The molecule has 4 nitrogen and oxygen atoms in total. The van der Waals surface area contributed by atoms with Crippen LogP contribution in [0.3, 0.4) is 0 Å². The molecule has 0 bridgehead atoms. The third-order valence-electron chi connectivity index (χ3n) is 3.19. The van der Waals surface area contributed by atoms with Crippen molar-refractivity contribution in [3.63, 3.8) is 0 Å². The molecule has 0 aliphatic rings. The van der Waals surface area contributed by atoms with Crippen molar-refractivity contribution < 1.29 is 0 Å². The summed E-state index contributed by atoms with van der Waals surface area (Å²) in [6.45, 7) is 0.517. The van der Waals surface area contributed by atoms with E-state index in [0.29, 0.717) is 33.5 Å². The fourth-order valence-corrected chi connectivity index (χ4v) is 2.60. The average molecular weight is 329 g/mol. The lowest BCUT2D eigenvalue weighted by Gasteiger charge is -2.07. The van der Waals surface area contributed by atoms with Crippen molar-refractivity contribution in [3.05, 3.63) is 70.2 Å². The quantitative estimate of drug-likeness (QED) is 0.724. The molecule has 0 saturated heterocycles. The van der Waals surface area contributed by atoms with Gasteiger partial charge in [-0.15, -0.1) is 0 Å². The van der Waals surface area contributed by atoms with Crippen molar-refractivity contribution >= 4 is 23.2 Å². The van der Waals surface area contributed by atoms with Crippen molar-refractivity contribution in [2.24, 2.45) is 0 Å². The van der Waals surface area contributed by atoms with E-state index < -0.39 is 0 Å². The van der Waals surface area contributed by atoms with Crippen LogP contribution in [0.15, 0.2) is 49.1 Å². The SMILES string of the molecule is N#Cc1ccnc(-c2cn(Cc3c(Cl)cccc3Cl)cn2)c1. The molecule has 0 N–H and O–H groups in total. The molecule has 2 heterocycles. The van der Waals surface area contributed by atoms with E-state index in [0.717, 1.165) is 5.56 Å². The van der Waals surface area contributed by atoms with Crippen LogP contribution in [0.25, 0.3) is 11.4 Å². The Labute approximate surface area is 137 Å². The molecule has 0 spiro atoms. The first-order chi connectivity index (χ1) is 10.7. The maximum atomic E-state index is 8.94. The smallest absolute Gasteiger partial charge is 0.107 e. The van der Waals surface area contributed by atoms with Gasteiger partial charge in [0.1, 0.15) is 5.69 Å². The Hall–Kier alpha value is -2.35. The lowest BCUT2D eigenvalue weighted by molar-refractivity contribution is 0.798. The van der Waals surface area contributed by atoms with Crippen LogP contribution in [-0.2, 0) is 6.54 Å². The van der Waals surface area contributed by atoms with Gasteiger partial charge in [0, 0.05) is 28.0 Å². The molecule has 1 aromatic carbocycles. The van der Waals surface area contributed by atoms with Gasteiger partial charge in [0.25, 0.3) is 0 Å². The van der Waals surface area contributed by atoms with Crippen LogP contribution in [0.2, 0.25) is 10.0 Å². The number of pyridine rings is 1. The van der Waals surface area contributed by atoms with Crippen molar-refractivity contribution in [2.45, 2.75) is 6.54 Å². The third kappa shape index (κ3) is 2.96. The lowest BCUT2D eigenvalue weighted by Crippen LogP contribution is -1.98. The van der Waals surface area contributed by atoms with Gasteiger partial charge < -0.3 is 4.57 Å². The Morgan fingerprint density at radius 3 is 2.59 bits per heavy atom. The molecule has 0 saturated carbocycles. The monoisotopic (exact) mass is 328 g/mol. The Balaban J connectivity index is 1.90. The minimum atomic E-state index is 0.517. The molecule has 108 valence electrons. The van der Waals surface area contributed by atoms with Gasteiger partial charge in [-0.1, -0.05) is 29.3 Å². The van der Waals surface area contributed by atoms with Crippen LogP contribution in [0.1, 0.15) is 11.1 Å². The van der Waals surface area contributed by atoms with Crippen LogP contribution in [-0.4, -0.2) is 14.5 Å². The zero-order chi connectivity index (χ0) is 15.5. The van der Waals surface area contributed by atoms with E-state index in [1.807, 2.05) is 16.8 Å². The molecule has 0 atom stereocenters. The van der Waals surface area contributed by atoms with Crippen LogP contribution in [0.5, 0.6) is 0 Å². The van der Waals surface area contributed by atoms with E-state index in [9.17, 15) is 0 Å². The lowest BCUT2D eigenvalue weighted by atomic mass is 10.2. The van der Waals surface area contributed by atoms with Crippen molar-refractivity contribution in [1.82, 2.24) is 14.5 Å². The minimum absolute atomic E-state index is 0.517. The maximum Gasteiger partial charge on any atom is 0.107 e. The van der Waals surface area contributed by atoms with Gasteiger partial charge in [-0.2, -0.15) is 5.26 Å². The predicted molar refractivity (Wildman–Crippen MR) is 85.7 cm³/mol. The molecule has 0 aliphatic heterocycles. The molecule has 0 fully saturated rings. The summed E-state index contributed by atoms with van der Waals surface area (Å²) in [5, 5.41) is 10.2. The number of imidazole rings is 1. The highest BCUT2D eigenvalue weighted by Gasteiger charge is 2.09. The summed E-state index contributed by atoms with van der Waals surface area (Å²) < 4.78 is 1.88. The Bertz CT molecular complexity index is 844. The molecule has 3 rings (SSSR count). The molecule has 22 heavy (non-hydrogen) atoms. The number of nitrogens with zero attached hydrogens (tertiary/aromatic N) is 4. The summed E-state index contributed by atoms with van der Waals surface area (Å²) in [7, 11) is 0. The second-order valence-corrected chi connectivity index (χ2v) is 5.49. The Morgan fingerprint density at radius 2 is 1.86 bits per heavy atom. The van der Waals surface area contributed by atoms with Crippen LogP contribution in [0.4, 0.5) is 0 Å². The number of aromatic nitrogens is 3. The Kier molecular flexibility index (Phi) is 4.10. The van der Waals surface area contributed by atoms with E-state index in [1.54, 1.807) is 36.8 Å². The highest BCUT2D eigenvalue weighted by Crippen LogP contribution is 2.25.